The van der Waals surface area contributed by atoms with Crippen LogP contribution < -0.4 is 10.6 Å². The maximum absolute atomic E-state index is 5.64. The lowest BCUT2D eigenvalue weighted by Crippen LogP contribution is -2.39. The largest absolute Gasteiger partial charge is 0.376 e. The van der Waals surface area contributed by atoms with Crippen molar-refractivity contribution in [1.82, 2.24) is 15.3 Å². The molecular weight excluding hydrogens is 240 g/mol. The van der Waals surface area contributed by atoms with Crippen LogP contribution in [0.4, 0.5) is 5.95 Å². The van der Waals surface area contributed by atoms with Gasteiger partial charge in [0.1, 0.15) is 0 Å². The SMILES string of the molecule is CC(C)Cc1cnc(NCCC2CNCCO2)nc1. The predicted molar refractivity (Wildman–Crippen MR) is 76.3 cm³/mol. The van der Waals surface area contributed by atoms with Crippen molar-refractivity contribution in [2.45, 2.75) is 32.8 Å². The van der Waals surface area contributed by atoms with Crippen LogP contribution in [-0.4, -0.2) is 42.3 Å². The molecule has 1 aliphatic rings. The summed E-state index contributed by atoms with van der Waals surface area (Å²) in [6, 6.07) is 0. The third kappa shape index (κ3) is 5.12. The lowest BCUT2D eigenvalue weighted by Gasteiger charge is -2.23. The molecule has 1 fully saturated rings. The summed E-state index contributed by atoms with van der Waals surface area (Å²) in [5.41, 5.74) is 1.19. The second kappa shape index (κ2) is 7.40. The Morgan fingerprint density at radius 1 is 1.42 bits per heavy atom. The minimum absolute atomic E-state index is 0.307. The van der Waals surface area contributed by atoms with Crippen LogP contribution in [0.25, 0.3) is 0 Å². The van der Waals surface area contributed by atoms with E-state index in [1.807, 2.05) is 12.4 Å². The van der Waals surface area contributed by atoms with Gasteiger partial charge in [0, 0.05) is 32.0 Å². The predicted octanol–water partition coefficient (Wildman–Crippen LogP) is 1.47. The van der Waals surface area contributed by atoms with E-state index in [1.165, 1.54) is 5.56 Å². The van der Waals surface area contributed by atoms with E-state index in [2.05, 4.69) is 34.4 Å². The summed E-state index contributed by atoms with van der Waals surface area (Å²) in [5.74, 6) is 1.34. The molecule has 0 radical (unpaired) electrons. The fraction of sp³-hybridized carbons (Fsp3) is 0.714. The first-order chi connectivity index (χ1) is 9.24. The molecule has 1 aliphatic heterocycles. The van der Waals surface area contributed by atoms with Crippen LogP contribution in [-0.2, 0) is 11.2 Å². The first-order valence-electron chi connectivity index (χ1n) is 7.11. The van der Waals surface area contributed by atoms with E-state index in [0.29, 0.717) is 18.0 Å². The molecule has 0 aromatic carbocycles. The van der Waals surface area contributed by atoms with Crippen LogP contribution in [0.1, 0.15) is 25.8 Å². The maximum Gasteiger partial charge on any atom is 0.222 e. The van der Waals surface area contributed by atoms with Crippen molar-refractivity contribution in [1.29, 1.82) is 0 Å². The van der Waals surface area contributed by atoms with Crippen LogP contribution in [0.3, 0.4) is 0 Å². The molecule has 1 aromatic rings. The highest BCUT2D eigenvalue weighted by Gasteiger charge is 2.12. The Labute approximate surface area is 115 Å². The Hall–Kier alpha value is -1.20. The van der Waals surface area contributed by atoms with Crippen LogP contribution in [0, 0.1) is 5.92 Å². The van der Waals surface area contributed by atoms with Crippen LogP contribution in [0.15, 0.2) is 12.4 Å². The Morgan fingerprint density at radius 3 is 2.84 bits per heavy atom. The van der Waals surface area contributed by atoms with E-state index in [0.717, 1.165) is 39.1 Å². The summed E-state index contributed by atoms with van der Waals surface area (Å²) in [7, 11) is 0. The molecule has 0 bridgehead atoms. The standard InChI is InChI=1S/C14H24N4O/c1-11(2)7-12-8-17-14(18-9-12)16-4-3-13-10-15-5-6-19-13/h8-9,11,13,15H,3-7,10H2,1-2H3,(H,16,17,18). The molecule has 0 aliphatic carbocycles. The monoisotopic (exact) mass is 264 g/mol. The van der Waals surface area contributed by atoms with E-state index >= 15 is 0 Å². The van der Waals surface area contributed by atoms with Gasteiger partial charge in [-0.25, -0.2) is 9.97 Å². The summed E-state index contributed by atoms with van der Waals surface area (Å²) >= 11 is 0. The summed E-state index contributed by atoms with van der Waals surface area (Å²) in [6.45, 7) is 7.95. The summed E-state index contributed by atoms with van der Waals surface area (Å²) < 4.78 is 5.64. The molecule has 5 heteroatoms. The van der Waals surface area contributed by atoms with Crippen LogP contribution in [0.2, 0.25) is 0 Å². The number of anilines is 1. The van der Waals surface area contributed by atoms with Crippen molar-refractivity contribution < 1.29 is 4.74 Å². The van der Waals surface area contributed by atoms with Gasteiger partial charge in [-0.1, -0.05) is 13.8 Å². The minimum atomic E-state index is 0.307. The van der Waals surface area contributed by atoms with Crippen molar-refractivity contribution in [3.05, 3.63) is 18.0 Å². The van der Waals surface area contributed by atoms with Gasteiger partial charge in [-0.3, -0.25) is 0 Å². The third-order valence-corrected chi connectivity index (χ3v) is 3.10. The van der Waals surface area contributed by atoms with E-state index in [9.17, 15) is 0 Å². The number of aromatic nitrogens is 2. The fourth-order valence-electron chi connectivity index (χ4n) is 2.17. The van der Waals surface area contributed by atoms with Crippen molar-refractivity contribution in [2.75, 3.05) is 31.6 Å². The highest BCUT2D eigenvalue weighted by molar-refractivity contribution is 5.24. The molecule has 1 aromatic heterocycles. The van der Waals surface area contributed by atoms with Gasteiger partial charge in [0.25, 0.3) is 0 Å². The average Bonchev–Trinajstić information content (AvgIpc) is 2.41. The number of morpholine rings is 1. The van der Waals surface area contributed by atoms with Crippen molar-refractivity contribution in [3.8, 4) is 0 Å². The average molecular weight is 264 g/mol. The molecule has 1 saturated heterocycles. The smallest absolute Gasteiger partial charge is 0.222 e. The molecule has 0 saturated carbocycles. The number of hydrogen-bond donors (Lipinski definition) is 2. The molecule has 106 valence electrons. The Morgan fingerprint density at radius 2 is 2.21 bits per heavy atom. The van der Waals surface area contributed by atoms with Gasteiger partial charge in [-0.2, -0.15) is 0 Å². The second-order valence-corrected chi connectivity index (χ2v) is 5.43. The zero-order chi connectivity index (χ0) is 13.5. The summed E-state index contributed by atoms with van der Waals surface area (Å²) in [6.07, 6.45) is 6.13. The zero-order valence-electron chi connectivity index (χ0n) is 11.9. The van der Waals surface area contributed by atoms with Gasteiger partial charge in [0.2, 0.25) is 5.95 Å². The summed E-state index contributed by atoms with van der Waals surface area (Å²) in [4.78, 5) is 8.67. The first kappa shape index (κ1) is 14.2. The van der Waals surface area contributed by atoms with Gasteiger partial charge in [0.15, 0.2) is 0 Å². The molecular formula is C14H24N4O. The van der Waals surface area contributed by atoms with E-state index in [1.54, 1.807) is 0 Å². The normalized spacial score (nSPS) is 19.6. The third-order valence-electron chi connectivity index (χ3n) is 3.10. The van der Waals surface area contributed by atoms with Gasteiger partial charge < -0.3 is 15.4 Å². The molecule has 19 heavy (non-hydrogen) atoms. The number of ether oxygens (including phenoxy) is 1. The van der Waals surface area contributed by atoms with E-state index in [4.69, 9.17) is 4.74 Å². The Balaban J connectivity index is 1.70. The lowest BCUT2D eigenvalue weighted by molar-refractivity contribution is 0.0258. The Kier molecular flexibility index (Phi) is 5.54. The number of nitrogens with one attached hydrogen (secondary N) is 2. The number of hydrogen-bond acceptors (Lipinski definition) is 5. The molecule has 2 heterocycles. The number of rotatable bonds is 6. The quantitative estimate of drug-likeness (QED) is 0.814. The maximum atomic E-state index is 5.64. The van der Waals surface area contributed by atoms with Gasteiger partial charge >= 0.3 is 0 Å². The van der Waals surface area contributed by atoms with Crippen molar-refractivity contribution in [2.24, 2.45) is 5.92 Å². The first-order valence-corrected chi connectivity index (χ1v) is 7.11. The zero-order valence-corrected chi connectivity index (χ0v) is 11.9. The van der Waals surface area contributed by atoms with Gasteiger partial charge in [-0.05, 0) is 24.3 Å². The van der Waals surface area contributed by atoms with Crippen molar-refractivity contribution >= 4 is 5.95 Å². The molecule has 2 rings (SSSR count). The van der Waals surface area contributed by atoms with Crippen LogP contribution in [0.5, 0.6) is 0 Å². The molecule has 5 nitrogen and oxygen atoms in total. The second-order valence-electron chi connectivity index (χ2n) is 5.43. The molecule has 1 unspecified atom stereocenters. The molecule has 0 spiro atoms. The molecule has 0 amide bonds. The van der Waals surface area contributed by atoms with Crippen molar-refractivity contribution in [3.63, 3.8) is 0 Å². The molecule has 1 atom stereocenters. The van der Waals surface area contributed by atoms with Crippen LogP contribution >= 0.6 is 0 Å². The molecule has 2 N–H and O–H groups in total. The van der Waals surface area contributed by atoms with Gasteiger partial charge in [0.05, 0.1) is 12.7 Å². The Bertz CT molecular complexity index is 360. The highest BCUT2D eigenvalue weighted by Crippen LogP contribution is 2.07. The topological polar surface area (TPSA) is 59.1 Å². The number of nitrogens with zero attached hydrogens (tertiary/aromatic N) is 2. The van der Waals surface area contributed by atoms with E-state index in [-0.39, 0.29) is 0 Å². The summed E-state index contributed by atoms with van der Waals surface area (Å²) in [5, 5.41) is 6.57. The highest BCUT2D eigenvalue weighted by atomic mass is 16.5. The minimum Gasteiger partial charge on any atom is -0.376 e. The fourth-order valence-corrected chi connectivity index (χ4v) is 2.17. The van der Waals surface area contributed by atoms with Gasteiger partial charge in [-0.15, -0.1) is 0 Å². The lowest BCUT2D eigenvalue weighted by atomic mass is 10.1. The van der Waals surface area contributed by atoms with E-state index < -0.39 is 0 Å².